The number of hydrogen-bond acceptors (Lipinski definition) is 1. The second kappa shape index (κ2) is 6.46. The Morgan fingerprint density at radius 3 is 1.81 bits per heavy atom. The summed E-state index contributed by atoms with van der Waals surface area (Å²) < 4.78 is 2.14. The second-order valence-corrected chi connectivity index (χ2v) is 7.59. The third-order valence-electron chi connectivity index (χ3n) is 6.04. The van der Waals surface area contributed by atoms with Crippen LogP contribution in [-0.4, -0.2) is 4.57 Å². The number of benzene rings is 5. The lowest BCUT2D eigenvalue weighted by Crippen LogP contribution is -1.97. The van der Waals surface area contributed by atoms with Crippen LogP contribution in [0.2, 0.25) is 0 Å². The van der Waals surface area contributed by atoms with Crippen LogP contribution in [0.4, 0.5) is 5.69 Å². The number of hydrogen-bond donors (Lipinski definition) is 0. The topological polar surface area (TPSA) is 33.1 Å². The highest BCUT2D eigenvalue weighted by atomic mass is 15.0. The molecule has 0 radical (unpaired) electrons. The predicted molar refractivity (Wildman–Crippen MR) is 127 cm³/mol. The summed E-state index contributed by atoms with van der Waals surface area (Å²) in [5.74, 6) is 0. The highest BCUT2D eigenvalue weighted by Crippen LogP contribution is 2.41. The first-order chi connectivity index (χ1) is 15.3. The molecule has 0 bridgehead atoms. The predicted octanol–water partition coefficient (Wildman–Crippen LogP) is 7.51. The van der Waals surface area contributed by atoms with Crippen molar-refractivity contribution in [1.82, 2.24) is 4.57 Å². The SMILES string of the molecule is [C-]#[N+]c1cccc(-n2c3ccc4ccccc4c3c3c4ccccc4ccc32)c1C#N. The van der Waals surface area contributed by atoms with Crippen molar-refractivity contribution >= 4 is 49.0 Å². The summed E-state index contributed by atoms with van der Waals surface area (Å²) in [4.78, 5) is 3.59. The fraction of sp³-hybridized carbons (Fsp3) is 0. The molecule has 0 atom stereocenters. The third-order valence-corrected chi connectivity index (χ3v) is 6.04. The van der Waals surface area contributed by atoms with E-state index in [2.05, 4.69) is 88.3 Å². The van der Waals surface area contributed by atoms with E-state index < -0.39 is 0 Å². The average Bonchev–Trinajstić information content (AvgIpc) is 3.18. The first kappa shape index (κ1) is 17.3. The van der Waals surface area contributed by atoms with Gasteiger partial charge < -0.3 is 4.57 Å². The van der Waals surface area contributed by atoms with Crippen molar-refractivity contribution in [3.05, 3.63) is 108 Å². The minimum Gasteiger partial charge on any atom is -0.309 e. The van der Waals surface area contributed by atoms with Gasteiger partial charge in [-0.05, 0) is 39.7 Å². The Labute approximate surface area is 178 Å². The van der Waals surface area contributed by atoms with Crippen LogP contribution < -0.4 is 0 Å². The number of nitriles is 1. The molecule has 142 valence electrons. The molecule has 6 rings (SSSR count). The van der Waals surface area contributed by atoms with Gasteiger partial charge in [0.15, 0.2) is 0 Å². The minimum atomic E-state index is 0.372. The molecule has 0 spiro atoms. The molecule has 3 heteroatoms. The fourth-order valence-corrected chi connectivity index (χ4v) is 4.73. The Morgan fingerprint density at radius 2 is 1.26 bits per heavy atom. The maximum absolute atomic E-state index is 9.91. The molecule has 0 N–H and O–H groups in total. The molecule has 6 aromatic rings. The molecule has 1 heterocycles. The van der Waals surface area contributed by atoms with Crippen molar-refractivity contribution in [3.8, 4) is 11.8 Å². The van der Waals surface area contributed by atoms with Crippen LogP contribution in [-0.2, 0) is 0 Å². The quantitative estimate of drug-likeness (QED) is 0.266. The van der Waals surface area contributed by atoms with E-state index in [1.54, 1.807) is 6.07 Å². The lowest BCUT2D eigenvalue weighted by atomic mass is 10.00. The number of nitrogens with zero attached hydrogens (tertiary/aromatic N) is 3. The standard InChI is InChI=1S/C28H15N3/c1-30-23-11-6-12-24(22(23)17-29)31-25-15-13-18-7-2-4-9-20(18)27(25)28-21-10-5-3-8-19(21)14-16-26(28)31/h2-16H. The smallest absolute Gasteiger partial charge is 0.206 e. The van der Waals surface area contributed by atoms with Crippen LogP contribution >= 0.6 is 0 Å². The molecule has 0 aliphatic rings. The maximum Gasteiger partial charge on any atom is 0.206 e. The molecule has 3 nitrogen and oxygen atoms in total. The van der Waals surface area contributed by atoms with E-state index in [-0.39, 0.29) is 0 Å². The summed E-state index contributed by atoms with van der Waals surface area (Å²) in [5, 5.41) is 17.0. The molecular formula is C28H15N3. The van der Waals surface area contributed by atoms with E-state index in [1.807, 2.05) is 12.1 Å². The Hall–Kier alpha value is -4.60. The third kappa shape index (κ3) is 2.32. The van der Waals surface area contributed by atoms with Gasteiger partial charge in [0.1, 0.15) is 0 Å². The normalized spacial score (nSPS) is 11.2. The highest BCUT2D eigenvalue weighted by molar-refractivity contribution is 6.28. The zero-order valence-electron chi connectivity index (χ0n) is 16.5. The number of fused-ring (bicyclic) bond motifs is 7. The minimum absolute atomic E-state index is 0.372. The van der Waals surface area contributed by atoms with E-state index in [1.165, 1.54) is 32.3 Å². The van der Waals surface area contributed by atoms with Crippen molar-refractivity contribution < 1.29 is 0 Å². The van der Waals surface area contributed by atoms with Crippen molar-refractivity contribution in [2.45, 2.75) is 0 Å². The van der Waals surface area contributed by atoms with Crippen LogP contribution in [0.25, 0.3) is 53.9 Å². The van der Waals surface area contributed by atoms with Crippen molar-refractivity contribution in [3.63, 3.8) is 0 Å². The van der Waals surface area contributed by atoms with Gasteiger partial charge in [0.25, 0.3) is 0 Å². The Kier molecular flexibility index (Phi) is 3.60. The van der Waals surface area contributed by atoms with Gasteiger partial charge in [0.05, 0.1) is 34.9 Å². The first-order valence-electron chi connectivity index (χ1n) is 10.1. The molecule has 1 aromatic heterocycles. The van der Waals surface area contributed by atoms with Crippen LogP contribution in [0.5, 0.6) is 0 Å². The molecule has 5 aromatic carbocycles. The lowest BCUT2D eigenvalue weighted by molar-refractivity contribution is 1.17. The van der Waals surface area contributed by atoms with Gasteiger partial charge in [-0.2, -0.15) is 5.26 Å². The Bertz CT molecular complexity index is 1660. The number of rotatable bonds is 1. The van der Waals surface area contributed by atoms with Crippen LogP contribution in [0, 0.1) is 17.9 Å². The van der Waals surface area contributed by atoms with E-state index >= 15 is 0 Å². The summed E-state index contributed by atoms with van der Waals surface area (Å²) in [7, 11) is 0. The molecule has 0 saturated heterocycles. The van der Waals surface area contributed by atoms with E-state index in [0.29, 0.717) is 11.3 Å². The van der Waals surface area contributed by atoms with Crippen LogP contribution in [0.3, 0.4) is 0 Å². The first-order valence-corrected chi connectivity index (χ1v) is 10.1. The van der Waals surface area contributed by atoms with Gasteiger partial charge in [-0.25, -0.2) is 4.85 Å². The zero-order chi connectivity index (χ0) is 20.9. The van der Waals surface area contributed by atoms with Crippen molar-refractivity contribution in [1.29, 1.82) is 5.26 Å². The van der Waals surface area contributed by atoms with Crippen molar-refractivity contribution in [2.24, 2.45) is 0 Å². The molecule has 0 aliphatic carbocycles. The Balaban J connectivity index is 1.94. The Morgan fingerprint density at radius 1 is 0.677 bits per heavy atom. The van der Waals surface area contributed by atoms with Crippen LogP contribution in [0.15, 0.2) is 91.0 Å². The summed E-state index contributed by atoms with van der Waals surface area (Å²) >= 11 is 0. The van der Waals surface area contributed by atoms with Crippen molar-refractivity contribution in [2.75, 3.05) is 0 Å². The maximum atomic E-state index is 9.91. The van der Waals surface area contributed by atoms with Gasteiger partial charge in [-0.15, -0.1) is 0 Å². The fourth-order valence-electron chi connectivity index (χ4n) is 4.73. The van der Waals surface area contributed by atoms with Gasteiger partial charge >= 0.3 is 0 Å². The lowest BCUT2D eigenvalue weighted by Gasteiger charge is -2.11. The second-order valence-electron chi connectivity index (χ2n) is 7.59. The summed E-state index contributed by atoms with van der Waals surface area (Å²) in [5.41, 5.74) is 3.57. The summed E-state index contributed by atoms with van der Waals surface area (Å²) in [6.45, 7) is 7.52. The molecular weight excluding hydrogens is 378 g/mol. The van der Waals surface area contributed by atoms with Gasteiger partial charge in [0.2, 0.25) is 5.69 Å². The molecule has 0 amide bonds. The summed E-state index contributed by atoms with van der Waals surface area (Å²) in [6.07, 6.45) is 0. The van der Waals surface area contributed by atoms with Gasteiger partial charge in [-0.1, -0.05) is 72.8 Å². The number of aromatic nitrogens is 1. The molecule has 31 heavy (non-hydrogen) atoms. The molecule has 0 fully saturated rings. The van der Waals surface area contributed by atoms with E-state index in [4.69, 9.17) is 6.57 Å². The molecule has 0 aliphatic heterocycles. The molecule has 0 saturated carbocycles. The van der Waals surface area contributed by atoms with E-state index in [9.17, 15) is 5.26 Å². The highest BCUT2D eigenvalue weighted by Gasteiger charge is 2.19. The molecule has 0 unspecified atom stereocenters. The largest absolute Gasteiger partial charge is 0.309 e. The average molecular weight is 393 g/mol. The van der Waals surface area contributed by atoms with Crippen LogP contribution in [0.1, 0.15) is 5.56 Å². The van der Waals surface area contributed by atoms with Gasteiger partial charge in [0, 0.05) is 10.8 Å². The summed E-state index contributed by atoms with van der Waals surface area (Å²) in [6, 6.07) is 33.1. The zero-order valence-corrected chi connectivity index (χ0v) is 16.5. The van der Waals surface area contributed by atoms with Gasteiger partial charge in [-0.3, -0.25) is 0 Å². The monoisotopic (exact) mass is 393 g/mol. The van der Waals surface area contributed by atoms with E-state index in [0.717, 1.165) is 16.7 Å².